The number of hydrogen-bond donors (Lipinski definition) is 2. The molecule has 104 valence electrons. The van der Waals surface area contributed by atoms with Crippen LogP contribution < -0.4 is 10.5 Å². The molecule has 0 unspecified atom stereocenters. The van der Waals surface area contributed by atoms with Crippen LogP contribution in [0.3, 0.4) is 0 Å². The summed E-state index contributed by atoms with van der Waals surface area (Å²) in [5.41, 5.74) is 6.60. The van der Waals surface area contributed by atoms with E-state index in [1.54, 1.807) is 12.1 Å². The number of rotatable bonds is 3. The molecule has 0 heterocycles. The van der Waals surface area contributed by atoms with Crippen molar-refractivity contribution in [3.8, 4) is 11.5 Å². The average molecular weight is 295 g/mol. The van der Waals surface area contributed by atoms with Gasteiger partial charge in [-0.05, 0) is 42.8 Å². The maximum atomic E-state index is 13.3. The summed E-state index contributed by atoms with van der Waals surface area (Å²) in [4.78, 5) is 0. The molecule has 2 aromatic rings. The Balaban J connectivity index is 2.46. The molecule has 0 atom stereocenters. The Kier molecular flexibility index (Phi) is 4.10. The molecular formula is C14H12ClFN2O2. The molecule has 3 N–H and O–H groups in total. The van der Waals surface area contributed by atoms with Crippen LogP contribution >= 0.6 is 11.6 Å². The second-order valence-electron chi connectivity index (χ2n) is 4.16. The van der Waals surface area contributed by atoms with Gasteiger partial charge < -0.3 is 15.7 Å². The molecule has 0 saturated carbocycles. The SMILES string of the molecule is Cc1ccc(Cl)c(Oc2ccc(F)cc2C(N)=NO)c1. The maximum Gasteiger partial charge on any atom is 0.173 e. The van der Waals surface area contributed by atoms with Crippen molar-refractivity contribution in [3.63, 3.8) is 0 Å². The van der Waals surface area contributed by atoms with Crippen molar-refractivity contribution in [2.24, 2.45) is 10.9 Å². The molecule has 0 radical (unpaired) electrons. The Hall–Kier alpha value is -2.27. The van der Waals surface area contributed by atoms with E-state index in [9.17, 15) is 4.39 Å². The summed E-state index contributed by atoms with van der Waals surface area (Å²) in [6.07, 6.45) is 0. The van der Waals surface area contributed by atoms with Crippen LogP contribution in [0.25, 0.3) is 0 Å². The van der Waals surface area contributed by atoms with E-state index >= 15 is 0 Å². The second-order valence-corrected chi connectivity index (χ2v) is 4.57. The highest BCUT2D eigenvalue weighted by molar-refractivity contribution is 6.32. The van der Waals surface area contributed by atoms with E-state index in [0.717, 1.165) is 11.6 Å². The number of oxime groups is 1. The molecule has 0 fully saturated rings. The first kappa shape index (κ1) is 14.1. The summed E-state index contributed by atoms with van der Waals surface area (Å²) < 4.78 is 18.9. The lowest BCUT2D eigenvalue weighted by atomic mass is 10.1. The van der Waals surface area contributed by atoms with E-state index in [0.29, 0.717) is 10.8 Å². The first-order valence-electron chi connectivity index (χ1n) is 5.72. The number of benzene rings is 2. The van der Waals surface area contributed by atoms with Crippen LogP contribution in [0, 0.1) is 12.7 Å². The van der Waals surface area contributed by atoms with Gasteiger partial charge in [-0.15, -0.1) is 0 Å². The Morgan fingerprint density at radius 1 is 1.25 bits per heavy atom. The fourth-order valence-corrected chi connectivity index (χ4v) is 1.81. The van der Waals surface area contributed by atoms with Gasteiger partial charge in [0.25, 0.3) is 0 Å². The number of aryl methyl sites for hydroxylation is 1. The summed E-state index contributed by atoms with van der Waals surface area (Å²) >= 11 is 6.03. The lowest BCUT2D eigenvalue weighted by Gasteiger charge is -2.12. The van der Waals surface area contributed by atoms with Crippen LogP contribution in [0.1, 0.15) is 11.1 Å². The second kappa shape index (κ2) is 5.79. The summed E-state index contributed by atoms with van der Waals surface area (Å²) in [7, 11) is 0. The smallest absolute Gasteiger partial charge is 0.173 e. The summed E-state index contributed by atoms with van der Waals surface area (Å²) in [6, 6.07) is 8.99. The minimum atomic E-state index is -0.519. The Morgan fingerprint density at radius 3 is 2.70 bits per heavy atom. The maximum absolute atomic E-state index is 13.3. The predicted octanol–water partition coefficient (Wildman–Crippen LogP) is 3.67. The van der Waals surface area contributed by atoms with Crippen molar-refractivity contribution in [2.75, 3.05) is 0 Å². The molecule has 0 aliphatic heterocycles. The van der Waals surface area contributed by atoms with Crippen molar-refractivity contribution in [2.45, 2.75) is 6.92 Å². The highest BCUT2D eigenvalue weighted by Crippen LogP contribution is 2.32. The lowest BCUT2D eigenvalue weighted by Crippen LogP contribution is -2.14. The zero-order valence-corrected chi connectivity index (χ0v) is 11.4. The number of ether oxygens (including phenoxy) is 1. The molecule has 2 aromatic carbocycles. The molecular weight excluding hydrogens is 283 g/mol. The van der Waals surface area contributed by atoms with Crippen LogP contribution in [-0.2, 0) is 0 Å². The molecule has 0 saturated heterocycles. The number of nitrogens with two attached hydrogens (primary N) is 1. The number of amidine groups is 1. The van der Waals surface area contributed by atoms with E-state index < -0.39 is 5.82 Å². The van der Waals surface area contributed by atoms with Crippen molar-refractivity contribution in [1.29, 1.82) is 0 Å². The molecule has 0 aliphatic carbocycles. The van der Waals surface area contributed by atoms with Crippen LogP contribution in [0.15, 0.2) is 41.6 Å². The van der Waals surface area contributed by atoms with E-state index in [1.807, 2.05) is 13.0 Å². The van der Waals surface area contributed by atoms with Gasteiger partial charge in [-0.1, -0.05) is 22.8 Å². The summed E-state index contributed by atoms with van der Waals surface area (Å²) in [6.45, 7) is 1.89. The molecule has 20 heavy (non-hydrogen) atoms. The van der Waals surface area contributed by atoms with Gasteiger partial charge in [0.2, 0.25) is 0 Å². The van der Waals surface area contributed by atoms with Crippen LogP contribution in [0.4, 0.5) is 4.39 Å². The Morgan fingerprint density at radius 2 is 2.00 bits per heavy atom. The standard InChI is InChI=1S/C14H12ClFN2O2/c1-8-2-4-11(15)13(6-8)20-12-5-3-9(16)7-10(12)14(17)18-19/h2-7,19H,1H3,(H2,17,18). The first-order chi connectivity index (χ1) is 9.51. The average Bonchev–Trinajstić information content (AvgIpc) is 2.43. The van der Waals surface area contributed by atoms with Crippen LogP contribution in [0.5, 0.6) is 11.5 Å². The van der Waals surface area contributed by atoms with Crippen LogP contribution in [-0.4, -0.2) is 11.0 Å². The Labute approximate surface area is 120 Å². The van der Waals surface area contributed by atoms with Crippen molar-refractivity contribution in [3.05, 3.63) is 58.4 Å². The van der Waals surface area contributed by atoms with Gasteiger partial charge in [-0.2, -0.15) is 0 Å². The Bertz CT molecular complexity index is 674. The quantitative estimate of drug-likeness (QED) is 0.393. The van der Waals surface area contributed by atoms with Crippen molar-refractivity contribution in [1.82, 2.24) is 0 Å². The van der Waals surface area contributed by atoms with Gasteiger partial charge in [-0.3, -0.25) is 0 Å². The fraction of sp³-hybridized carbons (Fsp3) is 0.0714. The fourth-order valence-electron chi connectivity index (χ4n) is 1.65. The molecule has 6 heteroatoms. The summed E-state index contributed by atoms with van der Waals surface area (Å²) in [5, 5.41) is 12.0. The van der Waals surface area contributed by atoms with Crippen molar-refractivity contribution >= 4 is 17.4 Å². The van der Waals surface area contributed by atoms with E-state index in [1.165, 1.54) is 12.1 Å². The minimum absolute atomic E-state index is 0.144. The molecule has 4 nitrogen and oxygen atoms in total. The van der Waals surface area contributed by atoms with Gasteiger partial charge >= 0.3 is 0 Å². The monoisotopic (exact) mass is 294 g/mol. The molecule has 0 amide bonds. The van der Waals surface area contributed by atoms with Gasteiger partial charge in [0, 0.05) is 0 Å². The van der Waals surface area contributed by atoms with Crippen LogP contribution in [0.2, 0.25) is 5.02 Å². The third-order valence-corrected chi connectivity index (χ3v) is 2.94. The van der Waals surface area contributed by atoms with Gasteiger partial charge in [0.15, 0.2) is 5.84 Å². The number of nitrogens with zero attached hydrogens (tertiary/aromatic N) is 1. The third kappa shape index (κ3) is 3.00. The molecule has 0 aliphatic rings. The number of halogens is 2. The zero-order chi connectivity index (χ0) is 14.7. The molecule has 2 rings (SSSR count). The van der Waals surface area contributed by atoms with E-state index in [-0.39, 0.29) is 17.1 Å². The molecule has 0 aromatic heterocycles. The lowest BCUT2D eigenvalue weighted by molar-refractivity contribution is 0.318. The minimum Gasteiger partial charge on any atom is -0.455 e. The van der Waals surface area contributed by atoms with Gasteiger partial charge in [0.05, 0.1) is 10.6 Å². The zero-order valence-electron chi connectivity index (χ0n) is 10.6. The predicted molar refractivity (Wildman–Crippen MR) is 75.2 cm³/mol. The van der Waals surface area contributed by atoms with Gasteiger partial charge in [-0.25, -0.2) is 4.39 Å². The topological polar surface area (TPSA) is 67.8 Å². The largest absolute Gasteiger partial charge is 0.455 e. The molecule has 0 spiro atoms. The summed E-state index contributed by atoms with van der Waals surface area (Å²) in [5.74, 6) is -0.114. The van der Waals surface area contributed by atoms with E-state index in [2.05, 4.69) is 5.16 Å². The normalized spacial score (nSPS) is 11.4. The third-order valence-electron chi connectivity index (χ3n) is 2.63. The van der Waals surface area contributed by atoms with Crippen molar-refractivity contribution < 1.29 is 14.3 Å². The highest BCUT2D eigenvalue weighted by atomic mass is 35.5. The van der Waals surface area contributed by atoms with E-state index in [4.69, 9.17) is 27.3 Å². The molecule has 0 bridgehead atoms. The number of hydrogen-bond acceptors (Lipinski definition) is 3. The highest BCUT2D eigenvalue weighted by Gasteiger charge is 2.12. The van der Waals surface area contributed by atoms with Gasteiger partial charge in [0.1, 0.15) is 17.3 Å². The first-order valence-corrected chi connectivity index (χ1v) is 6.10.